The molecular weight excluding hydrogens is 376 g/mol. The van der Waals surface area contributed by atoms with Crippen LogP contribution in [0, 0.1) is 6.92 Å². The average Bonchev–Trinajstić information content (AvgIpc) is 3.07. The fraction of sp³-hybridized carbons (Fsp3) is 0.333. The molecule has 148 valence electrons. The molecular formula is C21H24N2O4S. The molecule has 1 aliphatic rings. The number of carbonyl (C=O) groups excluding carboxylic acids is 2. The maximum absolute atomic E-state index is 12.9. The number of sulfone groups is 1. The number of benzene rings is 2. The summed E-state index contributed by atoms with van der Waals surface area (Å²) in [6.45, 7) is 5.54. The van der Waals surface area contributed by atoms with E-state index in [2.05, 4.69) is 5.32 Å². The van der Waals surface area contributed by atoms with E-state index in [1.165, 1.54) is 13.0 Å². The summed E-state index contributed by atoms with van der Waals surface area (Å²) < 4.78 is 25.8. The smallest absolute Gasteiger partial charge is 0.225 e. The molecule has 1 atom stereocenters. The molecule has 28 heavy (non-hydrogen) atoms. The van der Waals surface area contributed by atoms with Gasteiger partial charge in [0.2, 0.25) is 11.8 Å². The number of aryl methyl sites for hydroxylation is 1. The van der Waals surface area contributed by atoms with Gasteiger partial charge in [-0.25, -0.2) is 8.42 Å². The van der Waals surface area contributed by atoms with Crippen molar-refractivity contribution in [3.8, 4) is 0 Å². The van der Waals surface area contributed by atoms with Gasteiger partial charge in [0.25, 0.3) is 0 Å². The molecule has 3 rings (SSSR count). The van der Waals surface area contributed by atoms with Crippen LogP contribution in [0.3, 0.4) is 0 Å². The highest BCUT2D eigenvalue weighted by Gasteiger charge is 2.29. The zero-order valence-corrected chi connectivity index (χ0v) is 17.0. The minimum atomic E-state index is -3.66. The lowest BCUT2D eigenvalue weighted by atomic mass is 10.2. The van der Waals surface area contributed by atoms with Gasteiger partial charge in [0.15, 0.2) is 9.84 Å². The van der Waals surface area contributed by atoms with E-state index in [9.17, 15) is 18.0 Å². The third-order valence-electron chi connectivity index (χ3n) is 4.99. The van der Waals surface area contributed by atoms with Crippen LogP contribution in [0.1, 0.15) is 31.4 Å². The second-order valence-corrected chi connectivity index (χ2v) is 9.55. The molecule has 1 N–H and O–H groups in total. The van der Waals surface area contributed by atoms with Crippen LogP contribution in [0.5, 0.6) is 0 Å². The van der Waals surface area contributed by atoms with Crippen molar-refractivity contribution in [2.24, 2.45) is 0 Å². The Morgan fingerprint density at radius 2 is 1.82 bits per heavy atom. The first-order chi connectivity index (χ1) is 13.2. The molecule has 0 radical (unpaired) electrons. The van der Waals surface area contributed by atoms with E-state index >= 15 is 0 Å². The highest BCUT2D eigenvalue weighted by atomic mass is 32.2. The molecule has 0 aromatic heterocycles. The summed E-state index contributed by atoms with van der Waals surface area (Å²) in [5.41, 5.74) is 3.32. The third kappa shape index (κ3) is 4.09. The zero-order chi connectivity index (χ0) is 20.5. The van der Waals surface area contributed by atoms with Gasteiger partial charge in [0, 0.05) is 31.3 Å². The summed E-state index contributed by atoms with van der Waals surface area (Å²) >= 11 is 0. The second kappa shape index (κ2) is 7.75. The molecule has 1 aliphatic heterocycles. The van der Waals surface area contributed by atoms with Crippen molar-refractivity contribution in [2.45, 2.75) is 43.8 Å². The molecule has 2 amide bonds. The SMILES string of the molecule is CC(=O)N1CCc2cc(S(=O)(=O)[C@@H](C)CC(=O)Nc3ccc(C)cc3)ccc21. The Hall–Kier alpha value is -2.67. The molecule has 0 aliphatic carbocycles. The first-order valence-electron chi connectivity index (χ1n) is 9.20. The van der Waals surface area contributed by atoms with Gasteiger partial charge < -0.3 is 10.2 Å². The Morgan fingerprint density at radius 1 is 1.14 bits per heavy atom. The van der Waals surface area contributed by atoms with E-state index in [-0.39, 0.29) is 23.1 Å². The van der Waals surface area contributed by atoms with E-state index in [1.54, 1.807) is 36.1 Å². The Labute approximate surface area is 165 Å². The van der Waals surface area contributed by atoms with Crippen molar-refractivity contribution >= 4 is 33.0 Å². The van der Waals surface area contributed by atoms with E-state index < -0.39 is 15.1 Å². The average molecular weight is 401 g/mol. The highest BCUT2D eigenvalue weighted by Crippen LogP contribution is 2.31. The molecule has 0 saturated carbocycles. The van der Waals surface area contributed by atoms with Crippen molar-refractivity contribution in [1.82, 2.24) is 0 Å². The number of anilines is 2. The van der Waals surface area contributed by atoms with Gasteiger partial charge in [-0.05, 0) is 56.2 Å². The van der Waals surface area contributed by atoms with E-state index in [0.29, 0.717) is 18.7 Å². The summed E-state index contributed by atoms with van der Waals surface area (Å²) in [6, 6.07) is 12.2. The fourth-order valence-corrected chi connectivity index (χ4v) is 4.73. The number of hydrogen-bond acceptors (Lipinski definition) is 4. The van der Waals surface area contributed by atoms with Gasteiger partial charge >= 0.3 is 0 Å². The summed E-state index contributed by atoms with van der Waals surface area (Å²) in [5, 5.41) is 1.88. The lowest BCUT2D eigenvalue weighted by Crippen LogP contribution is -2.26. The maximum atomic E-state index is 12.9. The van der Waals surface area contributed by atoms with Crippen LogP contribution in [0.15, 0.2) is 47.4 Å². The number of rotatable bonds is 5. The van der Waals surface area contributed by atoms with Crippen LogP contribution >= 0.6 is 0 Å². The van der Waals surface area contributed by atoms with Crippen LogP contribution in [0.2, 0.25) is 0 Å². The molecule has 7 heteroatoms. The predicted molar refractivity (Wildman–Crippen MR) is 109 cm³/mol. The summed E-state index contributed by atoms with van der Waals surface area (Å²) in [4.78, 5) is 25.8. The number of nitrogens with zero attached hydrogens (tertiary/aromatic N) is 1. The Bertz CT molecular complexity index is 1010. The first-order valence-corrected chi connectivity index (χ1v) is 10.7. The monoisotopic (exact) mass is 400 g/mol. The molecule has 0 unspecified atom stereocenters. The Balaban J connectivity index is 1.72. The van der Waals surface area contributed by atoms with Crippen LogP contribution in [0.4, 0.5) is 11.4 Å². The molecule has 1 heterocycles. The highest BCUT2D eigenvalue weighted by molar-refractivity contribution is 7.92. The van der Waals surface area contributed by atoms with Crippen molar-refractivity contribution in [1.29, 1.82) is 0 Å². The van der Waals surface area contributed by atoms with Crippen molar-refractivity contribution in [2.75, 3.05) is 16.8 Å². The molecule has 0 spiro atoms. The summed E-state index contributed by atoms with van der Waals surface area (Å²) in [6.07, 6.45) is 0.493. The number of hydrogen-bond donors (Lipinski definition) is 1. The zero-order valence-electron chi connectivity index (χ0n) is 16.2. The van der Waals surface area contributed by atoms with Gasteiger partial charge in [-0.3, -0.25) is 9.59 Å². The Kier molecular flexibility index (Phi) is 5.56. The largest absolute Gasteiger partial charge is 0.326 e. The van der Waals surface area contributed by atoms with E-state index in [1.807, 2.05) is 19.1 Å². The third-order valence-corrected chi connectivity index (χ3v) is 7.13. The number of carbonyl (C=O) groups is 2. The second-order valence-electron chi connectivity index (χ2n) is 7.19. The number of amides is 2. The summed E-state index contributed by atoms with van der Waals surface area (Å²) in [5.74, 6) is -0.403. The lowest BCUT2D eigenvalue weighted by molar-refractivity contribution is -0.117. The minimum absolute atomic E-state index is 0.0597. The van der Waals surface area contributed by atoms with Gasteiger partial charge in [-0.1, -0.05) is 17.7 Å². The lowest BCUT2D eigenvalue weighted by Gasteiger charge is -2.16. The quantitative estimate of drug-likeness (QED) is 0.836. The van der Waals surface area contributed by atoms with Gasteiger partial charge in [-0.2, -0.15) is 0 Å². The fourth-order valence-electron chi connectivity index (χ4n) is 3.33. The van der Waals surface area contributed by atoms with Crippen molar-refractivity contribution < 1.29 is 18.0 Å². The Morgan fingerprint density at radius 3 is 2.46 bits per heavy atom. The molecule has 0 saturated heterocycles. The van der Waals surface area contributed by atoms with E-state index in [4.69, 9.17) is 0 Å². The summed E-state index contributed by atoms with van der Waals surface area (Å²) in [7, 11) is -3.66. The van der Waals surface area contributed by atoms with Gasteiger partial charge in [0.05, 0.1) is 10.1 Å². The molecule has 2 aromatic carbocycles. The van der Waals surface area contributed by atoms with Crippen LogP contribution in [-0.2, 0) is 25.8 Å². The van der Waals surface area contributed by atoms with Crippen LogP contribution in [-0.4, -0.2) is 32.0 Å². The number of fused-ring (bicyclic) bond motifs is 1. The molecule has 0 bridgehead atoms. The van der Waals surface area contributed by atoms with E-state index in [0.717, 1.165) is 16.8 Å². The predicted octanol–water partition coefficient (Wildman–Crippen LogP) is 3.10. The first kappa shape index (κ1) is 20.1. The van der Waals surface area contributed by atoms with Crippen LogP contribution in [0.25, 0.3) is 0 Å². The van der Waals surface area contributed by atoms with Gasteiger partial charge in [-0.15, -0.1) is 0 Å². The molecule has 2 aromatic rings. The standard InChI is InChI=1S/C21H24N2O4S/c1-14-4-6-18(7-5-14)22-21(25)12-15(2)28(26,27)19-8-9-20-17(13-19)10-11-23(20)16(3)24/h4-9,13,15H,10-12H2,1-3H3,(H,22,25)/t15-/m0/s1. The molecule has 0 fully saturated rings. The van der Waals surface area contributed by atoms with Crippen LogP contribution < -0.4 is 10.2 Å². The molecule has 6 nitrogen and oxygen atoms in total. The maximum Gasteiger partial charge on any atom is 0.225 e. The van der Waals surface area contributed by atoms with Crippen molar-refractivity contribution in [3.05, 3.63) is 53.6 Å². The topological polar surface area (TPSA) is 83.6 Å². The normalized spacial score (nSPS) is 14.5. The number of nitrogens with one attached hydrogen (secondary N) is 1. The van der Waals surface area contributed by atoms with Gasteiger partial charge in [0.1, 0.15) is 0 Å². The van der Waals surface area contributed by atoms with Crippen molar-refractivity contribution in [3.63, 3.8) is 0 Å². The minimum Gasteiger partial charge on any atom is -0.326 e.